The number of nitrogens with zero attached hydrogens (tertiary/aromatic N) is 1. The number of hydrogen-bond acceptors (Lipinski definition) is 4. The van der Waals surface area contributed by atoms with E-state index in [1.165, 1.54) is 0 Å². The Labute approximate surface area is 143 Å². The lowest BCUT2D eigenvalue weighted by Gasteiger charge is -2.05. The molecule has 0 saturated heterocycles. The molecule has 0 N–H and O–H groups in total. The minimum atomic E-state index is -0.307. The van der Waals surface area contributed by atoms with Gasteiger partial charge in [0.1, 0.15) is 5.52 Å². The Morgan fingerprint density at radius 2 is 2.04 bits per heavy atom. The first-order valence-electron chi connectivity index (χ1n) is 7.07. The third-order valence-corrected chi connectivity index (χ3v) is 3.88. The molecule has 0 fully saturated rings. The van der Waals surface area contributed by atoms with Crippen molar-refractivity contribution in [1.82, 2.24) is 4.98 Å². The van der Waals surface area contributed by atoms with Gasteiger partial charge < -0.3 is 9.15 Å². The quantitative estimate of drug-likeness (QED) is 0.628. The third kappa shape index (κ3) is 3.49. The molecule has 4 nitrogen and oxygen atoms in total. The predicted molar refractivity (Wildman–Crippen MR) is 89.8 cm³/mol. The van der Waals surface area contributed by atoms with E-state index >= 15 is 0 Å². The highest BCUT2D eigenvalue weighted by Gasteiger charge is 2.13. The van der Waals surface area contributed by atoms with Gasteiger partial charge in [-0.25, -0.2) is 4.98 Å². The van der Waals surface area contributed by atoms with Crippen molar-refractivity contribution in [3.8, 4) is 11.5 Å². The first-order chi connectivity index (χ1) is 11.1. The second-order valence-corrected chi connectivity index (χ2v) is 5.76. The van der Waals surface area contributed by atoms with E-state index in [1.807, 2.05) is 6.07 Å². The largest absolute Gasteiger partial charge is 0.466 e. The summed E-state index contributed by atoms with van der Waals surface area (Å²) in [7, 11) is 0. The Kier molecular flexibility index (Phi) is 4.55. The van der Waals surface area contributed by atoms with Crippen molar-refractivity contribution in [1.29, 1.82) is 0 Å². The van der Waals surface area contributed by atoms with Crippen LogP contribution in [0.5, 0.6) is 0 Å². The summed E-state index contributed by atoms with van der Waals surface area (Å²) in [6.07, 6.45) is 0.135. The molecule has 0 aliphatic heterocycles. The lowest BCUT2D eigenvalue weighted by molar-refractivity contribution is -0.142. The molecule has 3 rings (SSSR count). The summed E-state index contributed by atoms with van der Waals surface area (Å²) in [6.45, 7) is 2.11. The van der Waals surface area contributed by atoms with E-state index in [-0.39, 0.29) is 12.4 Å². The molecule has 3 aromatic rings. The SMILES string of the molecule is CCOC(=O)Cc1ccc(-c2nc3cc(Cl)ccc3o2)cc1Cl. The first kappa shape index (κ1) is 15.8. The van der Waals surface area contributed by atoms with E-state index in [4.69, 9.17) is 32.4 Å². The van der Waals surface area contributed by atoms with E-state index in [0.29, 0.717) is 39.2 Å². The molecular weight excluding hydrogens is 337 g/mol. The number of ether oxygens (including phenoxy) is 1. The number of aromatic nitrogens is 1. The summed E-state index contributed by atoms with van der Waals surface area (Å²) in [5.41, 5.74) is 2.76. The number of esters is 1. The highest BCUT2D eigenvalue weighted by molar-refractivity contribution is 6.32. The van der Waals surface area contributed by atoms with Crippen molar-refractivity contribution in [2.75, 3.05) is 6.61 Å². The highest BCUT2D eigenvalue weighted by atomic mass is 35.5. The summed E-state index contributed by atoms with van der Waals surface area (Å²) in [5.74, 6) is 0.144. The number of carbonyl (C=O) groups is 1. The van der Waals surface area contributed by atoms with E-state index in [0.717, 1.165) is 5.56 Å². The number of fused-ring (bicyclic) bond motifs is 1. The Bertz CT molecular complexity index is 873. The normalized spacial score (nSPS) is 10.9. The molecule has 0 saturated carbocycles. The summed E-state index contributed by atoms with van der Waals surface area (Å²) in [6, 6.07) is 10.6. The third-order valence-electron chi connectivity index (χ3n) is 3.29. The molecule has 0 unspecified atom stereocenters. The summed E-state index contributed by atoms with van der Waals surface area (Å²) < 4.78 is 10.6. The van der Waals surface area contributed by atoms with E-state index in [9.17, 15) is 4.79 Å². The van der Waals surface area contributed by atoms with Crippen molar-refractivity contribution >= 4 is 40.3 Å². The minimum absolute atomic E-state index is 0.135. The molecule has 0 amide bonds. The van der Waals surface area contributed by atoms with E-state index < -0.39 is 0 Å². The summed E-state index contributed by atoms with van der Waals surface area (Å²) >= 11 is 12.2. The maximum atomic E-state index is 11.5. The molecule has 23 heavy (non-hydrogen) atoms. The van der Waals surface area contributed by atoms with Crippen LogP contribution in [-0.4, -0.2) is 17.6 Å². The number of oxazole rings is 1. The number of carbonyl (C=O) groups excluding carboxylic acids is 1. The van der Waals surface area contributed by atoms with Crippen LogP contribution >= 0.6 is 23.2 Å². The van der Waals surface area contributed by atoms with Gasteiger partial charge in [-0.05, 0) is 42.8 Å². The average Bonchev–Trinajstić information content (AvgIpc) is 2.92. The number of halogens is 2. The standard InChI is InChI=1S/C17H13Cl2NO3/c1-2-22-16(21)8-10-3-4-11(7-13(10)19)17-20-14-9-12(18)5-6-15(14)23-17/h3-7,9H,2,8H2,1H3. The maximum absolute atomic E-state index is 11.5. The Hall–Kier alpha value is -2.04. The second kappa shape index (κ2) is 6.60. The van der Waals surface area contributed by atoms with Gasteiger partial charge in [0.05, 0.1) is 13.0 Å². The zero-order valence-corrected chi connectivity index (χ0v) is 13.8. The molecule has 2 aromatic carbocycles. The maximum Gasteiger partial charge on any atom is 0.310 e. The van der Waals surface area contributed by atoms with Gasteiger partial charge in [-0.15, -0.1) is 0 Å². The second-order valence-electron chi connectivity index (χ2n) is 4.92. The van der Waals surface area contributed by atoms with Gasteiger partial charge >= 0.3 is 5.97 Å². The molecular formula is C17H13Cl2NO3. The van der Waals surface area contributed by atoms with Crippen molar-refractivity contribution in [3.63, 3.8) is 0 Å². The zero-order valence-electron chi connectivity index (χ0n) is 12.3. The molecule has 118 valence electrons. The molecule has 6 heteroatoms. The van der Waals surface area contributed by atoms with Crippen LogP contribution in [0.2, 0.25) is 10.0 Å². The van der Waals surface area contributed by atoms with Crippen LogP contribution in [0, 0.1) is 0 Å². The average molecular weight is 350 g/mol. The molecule has 0 bridgehead atoms. The molecule has 0 aliphatic rings. The Morgan fingerprint density at radius 1 is 1.22 bits per heavy atom. The van der Waals surface area contributed by atoms with Crippen LogP contribution in [0.15, 0.2) is 40.8 Å². The summed E-state index contributed by atoms with van der Waals surface area (Å²) in [4.78, 5) is 15.9. The highest BCUT2D eigenvalue weighted by Crippen LogP contribution is 2.29. The van der Waals surface area contributed by atoms with Crippen LogP contribution in [0.1, 0.15) is 12.5 Å². The Balaban J connectivity index is 1.90. The van der Waals surface area contributed by atoms with Crippen molar-refractivity contribution < 1.29 is 13.9 Å². The van der Waals surface area contributed by atoms with Crippen LogP contribution < -0.4 is 0 Å². The predicted octanol–water partition coefficient (Wildman–Crippen LogP) is 4.91. The lowest BCUT2D eigenvalue weighted by atomic mass is 10.1. The van der Waals surface area contributed by atoms with Gasteiger partial charge in [0, 0.05) is 15.6 Å². The molecule has 1 heterocycles. The minimum Gasteiger partial charge on any atom is -0.466 e. The van der Waals surface area contributed by atoms with Gasteiger partial charge in [-0.2, -0.15) is 0 Å². The zero-order chi connectivity index (χ0) is 16.4. The lowest BCUT2D eigenvalue weighted by Crippen LogP contribution is -2.07. The van der Waals surface area contributed by atoms with Gasteiger partial charge in [-0.1, -0.05) is 29.3 Å². The fourth-order valence-electron chi connectivity index (χ4n) is 2.22. The smallest absolute Gasteiger partial charge is 0.310 e. The molecule has 0 atom stereocenters. The van der Waals surface area contributed by atoms with Crippen molar-refractivity contribution in [2.24, 2.45) is 0 Å². The van der Waals surface area contributed by atoms with Gasteiger partial charge in [0.25, 0.3) is 0 Å². The number of benzene rings is 2. The van der Waals surface area contributed by atoms with E-state index in [2.05, 4.69) is 4.98 Å². The fourth-order valence-corrected chi connectivity index (χ4v) is 2.63. The molecule has 1 aromatic heterocycles. The first-order valence-corrected chi connectivity index (χ1v) is 7.83. The number of rotatable bonds is 4. The van der Waals surface area contributed by atoms with Crippen LogP contribution in [0.3, 0.4) is 0 Å². The number of hydrogen-bond donors (Lipinski definition) is 0. The van der Waals surface area contributed by atoms with Gasteiger partial charge in [-0.3, -0.25) is 4.79 Å². The Morgan fingerprint density at radius 3 is 2.78 bits per heavy atom. The van der Waals surface area contributed by atoms with Crippen LogP contribution in [0.4, 0.5) is 0 Å². The van der Waals surface area contributed by atoms with Crippen molar-refractivity contribution in [3.05, 3.63) is 52.0 Å². The van der Waals surface area contributed by atoms with Gasteiger partial charge in [0.15, 0.2) is 5.58 Å². The van der Waals surface area contributed by atoms with Crippen molar-refractivity contribution in [2.45, 2.75) is 13.3 Å². The molecule has 0 radical (unpaired) electrons. The molecule has 0 aliphatic carbocycles. The monoisotopic (exact) mass is 349 g/mol. The summed E-state index contributed by atoms with van der Waals surface area (Å²) in [5, 5.41) is 1.07. The fraction of sp³-hybridized carbons (Fsp3) is 0.176. The molecule has 0 spiro atoms. The van der Waals surface area contributed by atoms with Crippen LogP contribution in [-0.2, 0) is 16.0 Å². The van der Waals surface area contributed by atoms with Crippen LogP contribution in [0.25, 0.3) is 22.6 Å². The van der Waals surface area contributed by atoms with E-state index in [1.54, 1.807) is 37.3 Å². The topological polar surface area (TPSA) is 52.3 Å². The van der Waals surface area contributed by atoms with Gasteiger partial charge in [0.2, 0.25) is 5.89 Å².